The van der Waals surface area contributed by atoms with Crippen LogP contribution in [0, 0.1) is 11.8 Å². The van der Waals surface area contributed by atoms with Gasteiger partial charge in [0.25, 0.3) is 0 Å². The van der Waals surface area contributed by atoms with Gasteiger partial charge in [0.2, 0.25) is 0 Å². The van der Waals surface area contributed by atoms with E-state index in [0.29, 0.717) is 29.5 Å². The molecule has 1 aliphatic heterocycles. The van der Waals surface area contributed by atoms with E-state index in [9.17, 15) is 9.59 Å². The Morgan fingerprint density at radius 1 is 1.05 bits per heavy atom. The Bertz CT molecular complexity index is 776. The summed E-state index contributed by atoms with van der Waals surface area (Å²) >= 11 is 0. The van der Waals surface area contributed by atoms with Crippen molar-refractivity contribution in [3.63, 3.8) is 0 Å². The summed E-state index contributed by atoms with van der Waals surface area (Å²) in [5.41, 5.74) is 7.00. The van der Waals surface area contributed by atoms with Crippen LogP contribution in [0.4, 0.5) is 0 Å². The van der Waals surface area contributed by atoms with Crippen molar-refractivity contribution in [1.82, 2.24) is 0 Å². The first-order valence-electron chi connectivity index (χ1n) is 6.23. The molecule has 0 spiro atoms. The summed E-state index contributed by atoms with van der Waals surface area (Å²) in [7, 11) is 0. The summed E-state index contributed by atoms with van der Waals surface area (Å²) in [5, 5.41) is 1.41. The molecule has 98 valence electrons. The molecule has 2 aromatic rings. The van der Waals surface area contributed by atoms with E-state index in [-0.39, 0.29) is 0 Å². The van der Waals surface area contributed by atoms with Gasteiger partial charge in [0, 0.05) is 23.9 Å². The molecule has 0 amide bonds. The zero-order valence-electron chi connectivity index (χ0n) is 10.6. The van der Waals surface area contributed by atoms with E-state index >= 15 is 0 Å². The number of benzene rings is 2. The third kappa shape index (κ3) is 1.85. The first-order valence-corrected chi connectivity index (χ1v) is 6.23. The van der Waals surface area contributed by atoms with Crippen LogP contribution in [0.2, 0.25) is 0 Å². The Morgan fingerprint density at radius 3 is 2.55 bits per heavy atom. The van der Waals surface area contributed by atoms with Crippen molar-refractivity contribution in [1.29, 1.82) is 0 Å². The van der Waals surface area contributed by atoms with Crippen LogP contribution in [0.25, 0.3) is 10.8 Å². The number of esters is 2. The van der Waals surface area contributed by atoms with Crippen molar-refractivity contribution in [3.8, 4) is 11.8 Å². The largest absolute Gasteiger partial charge is 0.386 e. The summed E-state index contributed by atoms with van der Waals surface area (Å²) in [6.07, 6.45) is 0.601. The van der Waals surface area contributed by atoms with Gasteiger partial charge in [-0.05, 0) is 23.6 Å². The van der Waals surface area contributed by atoms with E-state index in [1.54, 1.807) is 24.3 Å². The Morgan fingerprint density at radius 2 is 1.80 bits per heavy atom. The molecule has 0 aromatic heterocycles. The Hall–Kier alpha value is -2.64. The van der Waals surface area contributed by atoms with E-state index in [1.807, 2.05) is 6.07 Å². The van der Waals surface area contributed by atoms with E-state index in [4.69, 9.17) is 10.5 Å². The number of rotatable bonds is 1. The maximum absolute atomic E-state index is 11.8. The molecule has 0 saturated heterocycles. The monoisotopic (exact) mass is 265 g/mol. The van der Waals surface area contributed by atoms with Crippen LogP contribution in [0.5, 0.6) is 0 Å². The number of ether oxygens (including phenoxy) is 1. The fourth-order valence-electron chi connectivity index (χ4n) is 2.28. The molecule has 0 unspecified atom stereocenters. The highest BCUT2D eigenvalue weighted by Gasteiger charge is 2.27. The van der Waals surface area contributed by atoms with Gasteiger partial charge in [0.05, 0.1) is 11.1 Å². The molecular weight excluding hydrogens is 254 g/mol. The molecule has 4 heteroatoms. The molecule has 2 N–H and O–H groups in total. The van der Waals surface area contributed by atoms with Crippen LogP contribution in [0.1, 0.15) is 32.7 Å². The Labute approximate surface area is 115 Å². The fraction of sp³-hybridized carbons (Fsp3) is 0.125. The van der Waals surface area contributed by atoms with Gasteiger partial charge in [-0.1, -0.05) is 24.0 Å². The first-order chi connectivity index (χ1) is 9.72. The predicted octanol–water partition coefficient (Wildman–Crippen LogP) is 1.85. The van der Waals surface area contributed by atoms with Crippen molar-refractivity contribution in [2.24, 2.45) is 5.73 Å². The highest BCUT2D eigenvalue weighted by molar-refractivity contribution is 6.21. The van der Waals surface area contributed by atoms with Crippen LogP contribution in [0.3, 0.4) is 0 Å². The van der Waals surface area contributed by atoms with E-state index < -0.39 is 11.9 Å². The van der Waals surface area contributed by atoms with Gasteiger partial charge in [0.15, 0.2) is 0 Å². The molecule has 0 radical (unpaired) electrons. The second-order valence-electron chi connectivity index (χ2n) is 4.41. The zero-order valence-corrected chi connectivity index (χ0v) is 10.6. The lowest BCUT2D eigenvalue weighted by Crippen LogP contribution is -2.19. The molecule has 0 fully saturated rings. The van der Waals surface area contributed by atoms with Gasteiger partial charge >= 0.3 is 11.9 Å². The molecular formula is C16H11NO3. The quantitative estimate of drug-likeness (QED) is 0.485. The van der Waals surface area contributed by atoms with Crippen molar-refractivity contribution in [2.75, 3.05) is 6.54 Å². The SMILES string of the molecule is NCCC#Cc1ccc2c3c(cccc13)C(=O)OC2=O. The second kappa shape index (κ2) is 4.80. The number of nitrogens with two attached hydrogens (primary N) is 1. The lowest BCUT2D eigenvalue weighted by atomic mass is 9.94. The normalized spacial score (nSPS) is 12.8. The maximum Gasteiger partial charge on any atom is 0.346 e. The van der Waals surface area contributed by atoms with Crippen LogP contribution in [-0.4, -0.2) is 18.5 Å². The van der Waals surface area contributed by atoms with Crippen LogP contribution >= 0.6 is 0 Å². The Kier molecular flexibility index (Phi) is 2.97. The van der Waals surface area contributed by atoms with Crippen LogP contribution in [-0.2, 0) is 4.74 Å². The van der Waals surface area contributed by atoms with E-state index in [0.717, 1.165) is 10.9 Å². The maximum atomic E-state index is 11.8. The smallest absolute Gasteiger partial charge is 0.346 e. The first kappa shape index (κ1) is 12.4. The Balaban J connectivity index is 2.30. The third-order valence-electron chi connectivity index (χ3n) is 3.16. The fourth-order valence-corrected chi connectivity index (χ4v) is 2.28. The lowest BCUT2D eigenvalue weighted by Gasteiger charge is -2.15. The van der Waals surface area contributed by atoms with Gasteiger partial charge in [-0.25, -0.2) is 9.59 Å². The number of carbonyl (C=O) groups excluding carboxylic acids is 2. The molecule has 1 heterocycles. The minimum absolute atomic E-state index is 0.402. The average molecular weight is 265 g/mol. The molecule has 4 nitrogen and oxygen atoms in total. The summed E-state index contributed by atoms with van der Waals surface area (Å²) < 4.78 is 4.71. The summed E-state index contributed by atoms with van der Waals surface area (Å²) in [5.74, 6) is 4.77. The van der Waals surface area contributed by atoms with Crippen molar-refractivity contribution in [3.05, 3.63) is 47.0 Å². The topological polar surface area (TPSA) is 69.4 Å². The molecule has 2 aromatic carbocycles. The van der Waals surface area contributed by atoms with Crippen LogP contribution < -0.4 is 5.73 Å². The predicted molar refractivity (Wildman–Crippen MR) is 74.2 cm³/mol. The third-order valence-corrected chi connectivity index (χ3v) is 3.16. The van der Waals surface area contributed by atoms with Crippen molar-refractivity contribution >= 4 is 22.7 Å². The highest BCUT2D eigenvalue weighted by Crippen LogP contribution is 2.30. The molecule has 3 rings (SSSR count). The van der Waals surface area contributed by atoms with E-state index in [2.05, 4.69) is 11.8 Å². The molecule has 0 aliphatic carbocycles. The van der Waals surface area contributed by atoms with Gasteiger partial charge in [-0.15, -0.1) is 0 Å². The molecule has 20 heavy (non-hydrogen) atoms. The molecule has 0 saturated carbocycles. The number of hydrogen-bond donors (Lipinski definition) is 1. The molecule has 1 aliphatic rings. The number of cyclic esters (lactones) is 2. The standard InChI is InChI=1S/C16H11NO3/c17-9-2-1-4-10-7-8-13-14-11(10)5-3-6-12(14)15(18)20-16(13)19/h3,5-8H,2,9,17H2. The van der Waals surface area contributed by atoms with Gasteiger partial charge in [0.1, 0.15) is 0 Å². The van der Waals surface area contributed by atoms with Crippen LogP contribution in [0.15, 0.2) is 30.3 Å². The average Bonchev–Trinajstić information content (AvgIpc) is 2.45. The van der Waals surface area contributed by atoms with Gasteiger partial charge in [-0.3, -0.25) is 0 Å². The number of carbonyl (C=O) groups is 2. The highest BCUT2D eigenvalue weighted by atomic mass is 16.6. The lowest BCUT2D eigenvalue weighted by molar-refractivity contribution is 0.0391. The molecule has 0 bridgehead atoms. The van der Waals surface area contributed by atoms with Crippen molar-refractivity contribution < 1.29 is 14.3 Å². The van der Waals surface area contributed by atoms with Gasteiger partial charge < -0.3 is 10.5 Å². The molecule has 0 atom stereocenters. The van der Waals surface area contributed by atoms with E-state index in [1.165, 1.54) is 0 Å². The second-order valence-corrected chi connectivity index (χ2v) is 4.41. The van der Waals surface area contributed by atoms with Crippen molar-refractivity contribution in [2.45, 2.75) is 6.42 Å². The summed E-state index contributed by atoms with van der Waals surface area (Å²) in [6, 6.07) is 8.67. The minimum Gasteiger partial charge on any atom is -0.386 e. The summed E-state index contributed by atoms with van der Waals surface area (Å²) in [6.45, 7) is 0.499. The zero-order chi connectivity index (χ0) is 14.1. The minimum atomic E-state index is -0.611. The summed E-state index contributed by atoms with van der Waals surface area (Å²) in [4.78, 5) is 23.5. The van der Waals surface area contributed by atoms with Gasteiger partial charge in [-0.2, -0.15) is 0 Å². The number of hydrogen-bond acceptors (Lipinski definition) is 4.